The van der Waals surface area contributed by atoms with E-state index >= 15 is 0 Å². The fourth-order valence-electron chi connectivity index (χ4n) is 1.16. The quantitative estimate of drug-likeness (QED) is 0.288. The largest absolute Gasteiger partial charge is 0.461 e. The number of aliphatic hydroxyl groups is 1. The van der Waals surface area contributed by atoms with Crippen molar-refractivity contribution in [3.05, 3.63) is 12.7 Å². The van der Waals surface area contributed by atoms with Crippen LogP contribution in [0.25, 0.3) is 0 Å². The lowest BCUT2D eigenvalue weighted by atomic mass is 10.1. The van der Waals surface area contributed by atoms with Crippen LogP contribution >= 0.6 is 11.6 Å². The Morgan fingerprint density at radius 3 is 2.80 bits per heavy atom. The van der Waals surface area contributed by atoms with Crippen molar-refractivity contribution in [2.45, 2.75) is 38.2 Å². The van der Waals surface area contributed by atoms with E-state index < -0.39 is 6.10 Å². The molecule has 0 saturated heterocycles. The number of hydrogen-bond acceptors (Lipinski definition) is 3. The summed E-state index contributed by atoms with van der Waals surface area (Å²) in [5.41, 5.74) is 0. The second-order valence-electron chi connectivity index (χ2n) is 3.37. The summed E-state index contributed by atoms with van der Waals surface area (Å²) in [6.07, 6.45) is 4.43. The van der Waals surface area contributed by atoms with Gasteiger partial charge in [0.1, 0.15) is 6.61 Å². The molecule has 0 aliphatic carbocycles. The van der Waals surface area contributed by atoms with Crippen LogP contribution in [-0.4, -0.2) is 29.7 Å². The van der Waals surface area contributed by atoms with E-state index in [1.165, 1.54) is 6.08 Å². The van der Waals surface area contributed by atoms with E-state index in [0.29, 0.717) is 12.3 Å². The highest BCUT2D eigenvalue weighted by molar-refractivity contribution is 6.17. The fourth-order valence-corrected chi connectivity index (χ4v) is 1.35. The van der Waals surface area contributed by atoms with Crippen LogP contribution in [0.3, 0.4) is 0 Å². The molecule has 4 heteroatoms. The zero-order valence-electron chi connectivity index (χ0n) is 8.95. The Kier molecular flexibility index (Phi) is 9.63. The van der Waals surface area contributed by atoms with Gasteiger partial charge in [0, 0.05) is 5.88 Å². The summed E-state index contributed by atoms with van der Waals surface area (Å²) >= 11 is 5.51. The average Bonchev–Trinajstić information content (AvgIpc) is 2.21. The summed E-state index contributed by atoms with van der Waals surface area (Å²) in [6.45, 7) is 3.64. The Hall–Kier alpha value is -0.540. The second kappa shape index (κ2) is 9.99. The maximum atomic E-state index is 11.1. The minimum atomic E-state index is -0.599. The molecule has 3 nitrogen and oxygen atoms in total. The maximum Gasteiger partial charge on any atom is 0.308 e. The van der Waals surface area contributed by atoms with Crippen molar-refractivity contribution < 1.29 is 14.6 Å². The van der Waals surface area contributed by atoms with Crippen molar-refractivity contribution in [3.8, 4) is 0 Å². The Morgan fingerprint density at radius 2 is 2.20 bits per heavy atom. The number of esters is 1. The number of carbonyl (C=O) groups excluding carboxylic acids is 1. The minimum Gasteiger partial charge on any atom is -0.461 e. The topological polar surface area (TPSA) is 46.5 Å². The summed E-state index contributed by atoms with van der Waals surface area (Å²) in [7, 11) is 0. The van der Waals surface area contributed by atoms with Gasteiger partial charge in [0.2, 0.25) is 0 Å². The summed E-state index contributed by atoms with van der Waals surface area (Å²) in [5, 5.41) is 9.46. The molecule has 0 aromatic heterocycles. The molecule has 0 aromatic carbocycles. The van der Waals surface area contributed by atoms with Crippen LogP contribution in [0.5, 0.6) is 0 Å². The van der Waals surface area contributed by atoms with Crippen molar-refractivity contribution in [1.82, 2.24) is 0 Å². The number of hydrogen-bond donors (Lipinski definition) is 1. The first kappa shape index (κ1) is 14.5. The zero-order valence-corrected chi connectivity index (χ0v) is 9.71. The lowest BCUT2D eigenvalue weighted by Gasteiger charge is -2.09. The molecule has 0 aliphatic heterocycles. The van der Waals surface area contributed by atoms with E-state index in [4.69, 9.17) is 16.3 Å². The van der Waals surface area contributed by atoms with Crippen molar-refractivity contribution in [1.29, 1.82) is 0 Å². The summed E-state index contributed by atoms with van der Waals surface area (Å²) < 4.78 is 4.75. The summed E-state index contributed by atoms with van der Waals surface area (Å²) in [4.78, 5) is 11.1. The van der Waals surface area contributed by atoms with Crippen molar-refractivity contribution in [3.63, 3.8) is 0 Å². The number of aliphatic hydroxyl groups excluding tert-OH is 1. The Balaban J connectivity index is 3.42. The van der Waals surface area contributed by atoms with Gasteiger partial charge >= 0.3 is 5.97 Å². The van der Waals surface area contributed by atoms with Gasteiger partial charge in [-0.1, -0.05) is 25.5 Å². The van der Waals surface area contributed by atoms with Crippen molar-refractivity contribution in [2.24, 2.45) is 0 Å². The minimum absolute atomic E-state index is 0.0642. The zero-order chi connectivity index (χ0) is 11.5. The number of alkyl halides is 1. The van der Waals surface area contributed by atoms with E-state index in [-0.39, 0.29) is 19.0 Å². The first-order chi connectivity index (χ1) is 7.20. The van der Waals surface area contributed by atoms with Gasteiger partial charge in [-0.3, -0.25) is 4.79 Å². The monoisotopic (exact) mass is 234 g/mol. The second-order valence-corrected chi connectivity index (χ2v) is 3.75. The number of carbonyl (C=O) groups is 1. The highest BCUT2D eigenvalue weighted by atomic mass is 35.5. The van der Waals surface area contributed by atoms with Crippen LogP contribution in [0.15, 0.2) is 12.7 Å². The third-order valence-corrected chi connectivity index (χ3v) is 2.20. The Morgan fingerprint density at radius 1 is 1.47 bits per heavy atom. The van der Waals surface area contributed by atoms with Crippen LogP contribution in [0, 0.1) is 0 Å². The molecule has 0 saturated carbocycles. The molecule has 1 atom stereocenters. The van der Waals surface area contributed by atoms with Crippen LogP contribution in [-0.2, 0) is 9.53 Å². The van der Waals surface area contributed by atoms with Crippen LogP contribution in [0.1, 0.15) is 32.1 Å². The molecule has 0 bridgehead atoms. The van der Waals surface area contributed by atoms with E-state index in [1.54, 1.807) is 0 Å². The van der Waals surface area contributed by atoms with Gasteiger partial charge in [0.15, 0.2) is 0 Å². The number of halogens is 1. The highest BCUT2D eigenvalue weighted by Gasteiger charge is 2.10. The van der Waals surface area contributed by atoms with Crippen LogP contribution in [0.2, 0.25) is 0 Å². The standard InChI is InChI=1S/C11H19ClO3/c1-2-8-15-11(14)9-10(13)6-4-3-5-7-12/h2,10,13H,1,3-9H2. The third-order valence-electron chi connectivity index (χ3n) is 1.94. The van der Waals surface area contributed by atoms with Crippen molar-refractivity contribution in [2.75, 3.05) is 12.5 Å². The average molecular weight is 235 g/mol. The third kappa shape index (κ3) is 9.76. The molecule has 88 valence electrons. The molecular weight excluding hydrogens is 216 g/mol. The van der Waals surface area contributed by atoms with E-state index in [1.807, 2.05) is 0 Å². The first-order valence-electron chi connectivity index (χ1n) is 5.21. The highest BCUT2D eigenvalue weighted by Crippen LogP contribution is 2.07. The molecule has 0 rings (SSSR count). The molecule has 0 fully saturated rings. The molecular formula is C11H19ClO3. The van der Waals surface area contributed by atoms with Gasteiger partial charge in [-0.2, -0.15) is 0 Å². The lowest BCUT2D eigenvalue weighted by molar-refractivity contribution is -0.144. The number of unbranched alkanes of at least 4 members (excludes halogenated alkanes) is 2. The van der Waals surface area contributed by atoms with E-state index in [2.05, 4.69) is 6.58 Å². The molecule has 0 radical (unpaired) electrons. The summed E-state index contributed by atoms with van der Waals surface area (Å²) in [6, 6.07) is 0. The van der Waals surface area contributed by atoms with Crippen LogP contribution < -0.4 is 0 Å². The van der Waals surface area contributed by atoms with Crippen molar-refractivity contribution >= 4 is 17.6 Å². The molecule has 1 N–H and O–H groups in total. The van der Waals surface area contributed by atoms with Gasteiger partial charge in [-0.05, 0) is 12.8 Å². The molecule has 0 heterocycles. The SMILES string of the molecule is C=CCOC(=O)CC(O)CCCCCCl. The van der Waals surface area contributed by atoms with E-state index in [0.717, 1.165) is 19.3 Å². The van der Waals surface area contributed by atoms with Gasteiger partial charge in [0.25, 0.3) is 0 Å². The molecule has 0 amide bonds. The van der Waals surface area contributed by atoms with Crippen LogP contribution in [0.4, 0.5) is 0 Å². The van der Waals surface area contributed by atoms with Gasteiger partial charge in [-0.25, -0.2) is 0 Å². The molecule has 15 heavy (non-hydrogen) atoms. The Bertz CT molecular complexity index is 183. The smallest absolute Gasteiger partial charge is 0.308 e. The van der Waals surface area contributed by atoms with Gasteiger partial charge in [0.05, 0.1) is 12.5 Å². The normalized spacial score (nSPS) is 12.1. The van der Waals surface area contributed by atoms with Gasteiger partial charge < -0.3 is 9.84 Å². The maximum absolute atomic E-state index is 11.1. The Labute approximate surface area is 96.1 Å². The molecule has 0 spiro atoms. The van der Waals surface area contributed by atoms with Gasteiger partial charge in [-0.15, -0.1) is 11.6 Å². The number of rotatable bonds is 9. The summed E-state index contributed by atoms with van der Waals surface area (Å²) in [5.74, 6) is 0.275. The fraction of sp³-hybridized carbons (Fsp3) is 0.727. The number of ether oxygens (including phenoxy) is 1. The molecule has 0 aliphatic rings. The molecule has 0 aromatic rings. The van der Waals surface area contributed by atoms with E-state index in [9.17, 15) is 9.90 Å². The predicted molar refractivity (Wildman–Crippen MR) is 61.0 cm³/mol. The molecule has 1 unspecified atom stereocenters. The lowest BCUT2D eigenvalue weighted by Crippen LogP contribution is -2.15. The first-order valence-corrected chi connectivity index (χ1v) is 5.74. The predicted octanol–water partition coefficient (Wildman–Crippen LogP) is 2.27.